The van der Waals surface area contributed by atoms with Crippen LogP contribution in [-0.4, -0.2) is 28.7 Å². The lowest BCUT2D eigenvalue weighted by molar-refractivity contribution is 0.0860. The van der Waals surface area contributed by atoms with Crippen molar-refractivity contribution in [1.82, 2.24) is 15.5 Å². The van der Waals surface area contributed by atoms with E-state index in [0.717, 1.165) is 0 Å². The van der Waals surface area contributed by atoms with Crippen molar-refractivity contribution in [2.45, 2.75) is 33.7 Å². The summed E-state index contributed by atoms with van der Waals surface area (Å²) in [4.78, 5) is 16.9. The monoisotopic (exact) mass is 371 g/mol. The first-order valence-electron chi connectivity index (χ1n) is 8.66. The van der Waals surface area contributed by atoms with Gasteiger partial charge in [0.25, 0.3) is 11.6 Å². The normalized spacial score (nSPS) is 12.8. The van der Waals surface area contributed by atoms with Gasteiger partial charge in [-0.15, -0.1) is 0 Å². The van der Waals surface area contributed by atoms with Crippen LogP contribution in [0.4, 0.5) is 4.39 Å². The first-order valence-corrected chi connectivity index (χ1v) is 8.66. The van der Waals surface area contributed by atoms with E-state index in [0.29, 0.717) is 22.4 Å². The van der Waals surface area contributed by atoms with Crippen molar-refractivity contribution in [1.29, 1.82) is 0 Å². The van der Waals surface area contributed by atoms with Crippen LogP contribution in [0.5, 0.6) is 5.75 Å². The van der Waals surface area contributed by atoms with Crippen LogP contribution < -0.4 is 10.1 Å². The topological polar surface area (TPSA) is 77.2 Å². The fourth-order valence-electron chi connectivity index (χ4n) is 2.55. The number of benzene rings is 1. The number of carbonyl (C=O) groups excluding carboxylic acids is 1. The first kappa shape index (κ1) is 18.8. The number of halogens is 1. The highest BCUT2D eigenvalue weighted by atomic mass is 19.1. The molecule has 142 valence electrons. The summed E-state index contributed by atoms with van der Waals surface area (Å²) in [5, 5.41) is 7.50. The number of para-hydroxylation sites is 1. The Morgan fingerprint density at radius 1 is 1.33 bits per heavy atom. The molecule has 0 saturated heterocycles. The maximum Gasteiger partial charge on any atom is 0.257 e. The number of aromatic nitrogens is 2. The second kappa shape index (κ2) is 7.34. The van der Waals surface area contributed by atoms with E-state index in [1.807, 2.05) is 20.8 Å². The Morgan fingerprint density at radius 2 is 2.07 bits per heavy atom. The third-order valence-electron chi connectivity index (χ3n) is 4.37. The molecule has 0 radical (unpaired) electrons. The van der Waals surface area contributed by atoms with E-state index >= 15 is 0 Å². The predicted molar refractivity (Wildman–Crippen MR) is 99.1 cm³/mol. The fourth-order valence-corrected chi connectivity index (χ4v) is 2.55. The molecule has 6 nitrogen and oxygen atoms in total. The molecule has 0 aliphatic rings. The fraction of sp³-hybridized carbons (Fsp3) is 0.350. The van der Waals surface area contributed by atoms with E-state index in [1.165, 1.54) is 12.3 Å². The third-order valence-corrected chi connectivity index (χ3v) is 4.37. The van der Waals surface area contributed by atoms with Crippen molar-refractivity contribution in [3.8, 4) is 5.75 Å². The molecule has 1 aromatic carbocycles. The van der Waals surface area contributed by atoms with E-state index in [4.69, 9.17) is 9.26 Å². The average molecular weight is 371 g/mol. The molecular formula is C20H22FN3O3. The van der Waals surface area contributed by atoms with Crippen LogP contribution in [0.3, 0.4) is 0 Å². The molecule has 1 amide bonds. The molecule has 1 N–H and O–H groups in total. The maximum atomic E-state index is 13.8. The Kier molecular flexibility index (Phi) is 5.12. The van der Waals surface area contributed by atoms with Crippen LogP contribution >= 0.6 is 0 Å². The van der Waals surface area contributed by atoms with Gasteiger partial charge in [0.15, 0.2) is 11.6 Å². The highest BCUT2D eigenvalue weighted by Crippen LogP contribution is 2.23. The molecule has 1 unspecified atom stereocenters. The molecule has 0 bridgehead atoms. The van der Waals surface area contributed by atoms with Gasteiger partial charge in [-0.3, -0.25) is 4.79 Å². The van der Waals surface area contributed by atoms with Gasteiger partial charge in [0, 0.05) is 6.20 Å². The molecule has 7 heteroatoms. The minimum Gasteiger partial charge on any atom is -0.488 e. The van der Waals surface area contributed by atoms with E-state index in [1.54, 1.807) is 31.2 Å². The number of nitrogens with zero attached hydrogens (tertiary/aromatic N) is 2. The quantitative estimate of drug-likeness (QED) is 0.736. The van der Waals surface area contributed by atoms with Crippen LogP contribution in [-0.2, 0) is 0 Å². The smallest absolute Gasteiger partial charge is 0.257 e. The number of fused-ring (bicyclic) bond motifs is 1. The van der Waals surface area contributed by atoms with Crippen molar-refractivity contribution in [3.05, 3.63) is 53.6 Å². The maximum absolute atomic E-state index is 13.8. The Bertz CT molecular complexity index is 963. The van der Waals surface area contributed by atoms with Crippen molar-refractivity contribution in [3.63, 3.8) is 0 Å². The second-order valence-corrected chi connectivity index (χ2v) is 7.48. The molecule has 0 aliphatic heterocycles. The van der Waals surface area contributed by atoms with E-state index in [-0.39, 0.29) is 29.7 Å². The number of aryl methyl sites for hydroxylation is 1. The number of amides is 1. The summed E-state index contributed by atoms with van der Waals surface area (Å²) in [6.07, 6.45) is 1.44. The van der Waals surface area contributed by atoms with Gasteiger partial charge in [-0.05, 0) is 30.5 Å². The second-order valence-electron chi connectivity index (χ2n) is 7.48. The molecule has 2 heterocycles. The van der Waals surface area contributed by atoms with Crippen molar-refractivity contribution >= 4 is 17.0 Å². The molecule has 1 atom stereocenters. The third kappa shape index (κ3) is 4.24. The molecule has 2 aromatic heterocycles. The van der Waals surface area contributed by atoms with Crippen LogP contribution in [0, 0.1) is 18.2 Å². The molecule has 0 spiro atoms. The Hall–Kier alpha value is -2.96. The molecule has 0 saturated carbocycles. The zero-order chi connectivity index (χ0) is 19.6. The van der Waals surface area contributed by atoms with Crippen molar-refractivity contribution in [2.75, 3.05) is 6.61 Å². The van der Waals surface area contributed by atoms with Crippen molar-refractivity contribution in [2.24, 2.45) is 5.41 Å². The molecule has 0 fully saturated rings. The van der Waals surface area contributed by atoms with Gasteiger partial charge in [-0.25, -0.2) is 9.37 Å². The van der Waals surface area contributed by atoms with Gasteiger partial charge in [0.1, 0.15) is 6.61 Å². The van der Waals surface area contributed by atoms with Crippen molar-refractivity contribution < 1.29 is 18.4 Å². The summed E-state index contributed by atoms with van der Waals surface area (Å²) < 4.78 is 24.5. The van der Waals surface area contributed by atoms with Crippen LogP contribution in [0.1, 0.15) is 36.8 Å². The lowest BCUT2D eigenvalue weighted by atomic mass is 9.87. The number of hydrogen-bond acceptors (Lipinski definition) is 5. The molecule has 3 rings (SSSR count). The molecule has 0 aliphatic carbocycles. The summed E-state index contributed by atoms with van der Waals surface area (Å²) >= 11 is 0. The van der Waals surface area contributed by atoms with Gasteiger partial charge in [0.05, 0.1) is 22.7 Å². The molecule has 27 heavy (non-hydrogen) atoms. The largest absolute Gasteiger partial charge is 0.488 e. The summed E-state index contributed by atoms with van der Waals surface area (Å²) in [7, 11) is 0. The Labute approximate surface area is 156 Å². The van der Waals surface area contributed by atoms with Gasteiger partial charge >= 0.3 is 0 Å². The summed E-state index contributed by atoms with van der Waals surface area (Å²) in [6.45, 7) is 7.87. The van der Waals surface area contributed by atoms with Crippen LogP contribution in [0.2, 0.25) is 0 Å². The molecule has 3 aromatic rings. The summed E-state index contributed by atoms with van der Waals surface area (Å²) in [5.41, 5.74) is 1.15. The van der Waals surface area contributed by atoms with E-state index in [2.05, 4.69) is 15.5 Å². The van der Waals surface area contributed by atoms with Gasteiger partial charge < -0.3 is 14.6 Å². The van der Waals surface area contributed by atoms with Crippen LogP contribution in [0.25, 0.3) is 11.1 Å². The summed E-state index contributed by atoms with van der Waals surface area (Å²) in [6, 6.07) is 7.54. The molecular weight excluding hydrogens is 349 g/mol. The zero-order valence-corrected chi connectivity index (χ0v) is 15.7. The number of hydrogen-bond donors (Lipinski definition) is 1. The van der Waals surface area contributed by atoms with Gasteiger partial charge in [-0.2, -0.15) is 0 Å². The minimum absolute atomic E-state index is 0.137. The number of rotatable bonds is 5. The van der Waals surface area contributed by atoms with E-state index in [9.17, 15) is 9.18 Å². The first-order chi connectivity index (χ1) is 12.8. The lowest BCUT2D eigenvalue weighted by Gasteiger charge is -2.31. The van der Waals surface area contributed by atoms with Gasteiger partial charge in [-0.1, -0.05) is 38.1 Å². The number of carbonyl (C=O) groups is 1. The van der Waals surface area contributed by atoms with Crippen LogP contribution in [0.15, 0.2) is 41.1 Å². The predicted octanol–water partition coefficient (Wildman–Crippen LogP) is 3.89. The summed E-state index contributed by atoms with van der Waals surface area (Å²) in [5.74, 6) is -0.569. The Morgan fingerprint density at radius 3 is 2.78 bits per heavy atom. The van der Waals surface area contributed by atoms with E-state index < -0.39 is 5.82 Å². The minimum atomic E-state index is -0.436. The Balaban J connectivity index is 1.76. The lowest BCUT2D eigenvalue weighted by Crippen LogP contribution is -2.47. The number of nitrogens with one attached hydrogen (secondary N) is 1. The highest BCUT2D eigenvalue weighted by Gasteiger charge is 2.28. The zero-order valence-electron chi connectivity index (χ0n) is 15.7. The average Bonchev–Trinajstić information content (AvgIpc) is 2.99. The highest BCUT2D eigenvalue weighted by molar-refractivity contribution is 5.97. The number of ether oxygens (including phenoxy) is 1. The standard InChI is InChI=1S/C20H22FN3O3/c1-12-14-9-13(10-22-19(14)27-24-12)18(25)23-17(20(2,3)4)11-26-16-8-6-5-7-15(16)21/h5-10,17H,11H2,1-4H3,(H,23,25). The SMILES string of the molecule is Cc1noc2ncc(C(=O)NC(COc3ccccc3F)C(C)(C)C)cc12. The number of pyridine rings is 1. The van der Waals surface area contributed by atoms with Gasteiger partial charge in [0.2, 0.25) is 0 Å².